The van der Waals surface area contributed by atoms with E-state index in [2.05, 4.69) is 15.4 Å². The lowest BCUT2D eigenvalue weighted by atomic mass is 9.26. The van der Waals surface area contributed by atoms with Crippen LogP contribution in [0.5, 0.6) is 0 Å². The van der Waals surface area contributed by atoms with E-state index in [0.29, 0.717) is 23.4 Å². The van der Waals surface area contributed by atoms with Crippen molar-refractivity contribution in [2.45, 2.75) is 40.6 Å². The number of anilines is 3. The number of piperazine rings is 1. The number of amides is 1. The number of carbonyl (C=O) groups is 1. The highest BCUT2D eigenvalue weighted by atomic mass is 19.3. The molecule has 18 heteroatoms. The summed E-state index contributed by atoms with van der Waals surface area (Å²) in [4.78, 5) is 18.7. The number of carbonyl (C=O) groups excluding carboxylic acids is 1. The zero-order chi connectivity index (χ0) is 30.1. The first kappa shape index (κ1) is 29.5. The molecule has 2 aromatic carbocycles. The van der Waals surface area contributed by atoms with Crippen molar-refractivity contribution >= 4 is 86.0 Å². The van der Waals surface area contributed by atoms with E-state index in [1.165, 1.54) is 35.3 Å². The SMILES string of the molecule is [B]C1([B])N(C(=O)C2CC2)C([B])([B])C([B])([B])N(c2cc(Nc3ncn(-c4cccc(F)c4)n3)cc(C(F)F)c2)C1([B])[B]. The summed E-state index contributed by atoms with van der Waals surface area (Å²) < 4.78 is 43.0. The molecule has 1 amide bonds. The molecule has 0 spiro atoms. The van der Waals surface area contributed by atoms with Crippen LogP contribution < -0.4 is 10.2 Å². The molecular weight excluding hydrogens is 520 g/mol. The summed E-state index contributed by atoms with van der Waals surface area (Å²) >= 11 is 0. The van der Waals surface area contributed by atoms with Crippen molar-refractivity contribution in [1.29, 1.82) is 0 Å². The van der Waals surface area contributed by atoms with Crippen LogP contribution in [0, 0.1) is 11.7 Å². The van der Waals surface area contributed by atoms with Gasteiger partial charge in [-0.05, 0) is 70.6 Å². The zero-order valence-electron chi connectivity index (χ0n) is 21.6. The molecule has 0 atom stereocenters. The van der Waals surface area contributed by atoms with Gasteiger partial charge in [-0.25, -0.2) is 17.9 Å². The maximum atomic E-state index is 14.1. The molecule has 3 aromatic rings. The topological polar surface area (TPSA) is 66.3 Å². The average molecular weight is 535 g/mol. The Bertz CT molecular complexity index is 1470. The van der Waals surface area contributed by atoms with Gasteiger partial charge in [-0.1, -0.05) is 6.07 Å². The average Bonchev–Trinajstić information content (AvgIpc) is 3.61. The lowest BCUT2D eigenvalue weighted by Crippen LogP contribution is -2.93. The Balaban J connectivity index is 1.57. The Hall–Kier alpha value is -3.04. The van der Waals surface area contributed by atoms with Crippen molar-refractivity contribution in [3.05, 3.63) is 60.2 Å². The van der Waals surface area contributed by atoms with Crippen molar-refractivity contribution < 1.29 is 18.0 Å². The van der Waals surface area contributed by atoms with Crippen LogP contribution in [0.15, 0.2) is 48.8 Å². The monoisotopic (exact) mass is 536 g/mol. The molecule has 1 saturated carbocycles. The summed E-state index contributed by atoms with van der Waals surface area (Å²) in [7, 11) is 50.9. The molecule has 1 aliphatic heterocycles. The number of alkyl halides is 2. The lowest BCUT2D eigenvalue weighted by molar-refractivity contribution is -0.138. The molecule has 1 saturated heterocycles. The van der Waals surface area contributed by atoms with Crippen molar-refractivity contribution in [2.24, 2.45) is 5.92 Å². The van der Waals surface area contributed by atoms with Gasteiger partial charge in [-0.15, -0.1) is 5.10 Å². The maximum Gasteiger partial charge on any atom is 0.263 e. The van der Waals surface area contributed by atoms with Gasteiger partial charge in [0.25, 0.3) is 6.43 Å². The largest absolute Gasteiger partial charge is 0.393 e. The maximum absolute atomic E-state index is 14.1. The molecule has 1 aromatic heterocycles. The summed E-state index contributed by atoms with van der Waals surface area (Å²) in [6, 6.07) is 8.93. The van der Waals surface area contributed by atoms with Crippen molar-refractivity contribution in [3.63, 3.8) is 0 Å². The minimum atomic E-state index is -3.00. The van der Waals surface area contributed by atoms with E-state index in [4.69, 9.17) is 62.8 Å². The fraction of sp³-hybridized carbons (Fsp3) is 0.348. The summed E-state index contributed by atoms with van der Waals surface area (Å²) in [5.41, 5.74) is -0.374. The number of benzene rings is 2. The standard InChI is InChI=1S/C23H15B8F3N6O/c24-20(25)22(28,29)40(18(41)11-4-5-11)23(30,31)21(26,27)39(20)16-7-12(17(33)34)6-14(9-16)36-19-35-10-38(37-19)15-3-1-2-13(32)8-15/h1-3,6-11,17H,4-5H2,(H,36,37). The van der Waals surface area contributed by atoms with Crippen LogP contribution in [0.3, 0.4) is 0 Å². The molecule has 2 fully saturated rings. The number of nitrogens with one attached hydrogen (secondary N) is 1. The molecular formula is C23H15B8F3N6O. The molecule has 7 nitrogen and oxygen atoms in total. The van der Waals surface area contributed by atoms with Gasteiger partial charge in [0.15, 0.2) is 0 Å². The van der Waals surface area contributed by atoms with E-state index < -0.39 is 51.0 Å². The fourth-order valence-corrected chi connectivity index (χ4v) is 4.79. The second-order valence-corrected chi connectivity index (χ2v) is 10.3. The van der Waals surface area contributed by atoms with Crippen LogP contribution in [0.1, 0.15) is 24.8 Å². The molecule has 0 unspecified atom stereocenters. The predicted octanol–water partition coefficient (Wildman–Crippen LogP) is 0.109. The van der Waals surface area contributed by atoms with E-state index in [9.17, 15) is 18.0 Å². The Morgan fingerprint density at radius 2 is 1.54 bits per heavy atom. The van der Waals surface area contributed by atoms with Crippen LogP contribution in [0.25, 0.3) is 5.69 Å². The minimum Gasteiger partial charge on any atom is -0.393 e. The number of halogens is 3. The molecule has 16 radical (unpaired) electrons. The number of hydrogen-bond donors (Lipinski definition) is 1. The van der Waals surface area contributed by atoms with Gasteiger partial charge in [0.2, 0.25) is 11.9 Å². The quantitative estimate of drug-likeness (QED) is 0.455. The van der Waals surface area contributed by atoms with Gasteiger partial charge in [0, 0.05) is 22.9 Å². The van der Waals surface area contributed by atoms with Crippen molar-refractivity contribution in [1.82, 2.24) is 19.7 Å². The number of aromatic nitrogens is 3. The third-order valence-corrected chi connectivity index (χ3v) is 7.18. The van der Waals surface area contributed by atoms with Crippen LogP contribution in [0.2, 0.25) is 0 Å². The molecule has 5 rings (SSSR count). The normalized spacial score (nSPS) is 20.6. The smallest absolute Gasteiger partial charge is 0.263 e. The molecule has 41 heavy (non-hydrogen) atoms. The van der Waals surface area contributed by atoms with Gasteiger partial charge >= 0.3 is 0 Å². The molecule has 2 aliphatic rings. The number of rotatable bonds is 6. The molecule has 188 valence electrons. The van der Waals surface area contributed by atoms with Crippen LogP contribution >= 0.6 is 0 Å². The van der Waals surface area contributed by atoms with E-state index in [1.54, 1.807) is 6.07 Å². The Kier molecular flexibility index (Phi) is 7.01. The van der Waals surface area contributed by atoms with E-state index in [0.717, 1.165) is 17.0 Å². The second-order valence-electron chi connectivity index (χ2n) is 10.3. The minimum absolute atomic E-state index is 0.0113. The fourth-order valence-electron chi connectivity index (χ4n) is 4.79. The van der Waals surface area contributed by atoms with Gasteiger partial charge in [-0.2, -0.15) is 4.98 Å². The summed E-state index contributed by atoms with van der Waals surface area (Å²) in [6.07, 6.45) is -0.676. The summed E-state index contributed by atoms with van der Waals surface area (Å²) in [5, 5.41) is -3.01. The van der Waals surface area contributed by atoms with Crippen LogP contribution in [0.4, 0.5) is 30.5 Å². The number of nitrogens with zero attached hydrogens (tertiary/aromatic N) is 5. The molecule has 1 aliphatic carbocycles. The first-order valence-corrected chi connectivity index (χ1v) is 12.3. The van der Waals surface area contributed by atoms with Crippen molar-refractivity contribution in [2.75, 3.05) is 10.2 Å². The van der Waals surface area contributed by atoms with Gasteiger partial charge in [0.1, 0.15) is 12.1 Å². The van der Waals surface area contributed by atoms with Crippen molar-refractivity contribution in [3.8, 4) is 5.69 Å². The Labute approximate surface area is 246 Å². The zero-order valence-corrected chi connectivity index (χ0v) is 21.6. The first-order chi connectivity index (χ1) is 19.0. The van der Waals surface area contributed by atoms with Crippen LogP contribution in [-0.4, -0.2) is 110 Å². The first-order valence-electron chi connectivity index (χ1n) is 12.3. The lowest BCUT2D eigenvalue weighted by Gasteiger charge is -2.76. The van der Waals surface area contributed by atoms with E-state index >= 15 is 0 Å². The second kappa shape index (κ2) is 9.76. The Morgan fingerprint density at radius 1 is 0.902 bits per heavy atom. The highest BCUT2D eigenvalue weighted by Gasteiger charge is 2.62. The third-order valence-electron chi connectivity index (χ3n) is 7.18. The third kappa shape index (κ3) is 4.80. The Morgan fingerprint density at radius 3 is 2.10 bits per heavy atom. The van der Waals surface area contributed by atoms with Gasteiger partial charge in [0.05, 0.1) is 68.5 Å². The molecule has 2 heterocycles. The summed E-state index contributed by atoms with van der Waals surface area (Å²) in [6.45, 7) is 0. The van der Waals surface area contributed by atoms with Crippen LogP contribution in [-0.2, 0) is 4.79 Å². The van der Waals surface area contributed by atoms with E-state index in [1.807, 2.05) is 0 Å². The van der Waals surface area contributed by atoms with Gasteiger partial charge in [-0.3, -0.25) is 4.79 Å². The molecule has 0 bridgehead atoms. The number of hydrogen-bond acceptors (Lipinski definition) is 5. The summed E-state index contributed by atoms with van der Waals surface area (Å²) in [5.74, 6) is -1.69. The highest BCUT2D eigenvalue weighted by Crippen LogP contribution is 2.48. The van der Waals surface area contributed by atoms with Gasteiger partial charge < -0.3 is 15.1 Å². The highest BCUT2D eigenvalue weighted by molar-refractivity contribution is 6.63. The predicted molar refractivity (Wildman–Crippen MR) is 155 cm³/mol. The molecule has 1 N–H and O–H groups in total. The van der Waals surface area contributed by atoms with E-state index in [-0.39, 0.29) is 17.3 Å².